The first-order chi connectivity index (χ1) is 19.0. The highest BCUT2D eigenvalue weighted by Crippen LogP contribution is 2.33. The van der Waals surface area contributed by atoms with E-state index in [9.17, 15) is 0 Å². The van der Waals surface area contributed by atoms with Gasteiger partial charge in [-0.15, -0.1) is 0 Å². The van der Waals surface area contributed by atoms with Gasteiger partial charge in [0.15, 0.2) is 11.2 Å². The molecule has 192 valence electrons. The van der Waals surface area contributed by atoms with E-state index in [1.807, 2.05) is 60.0 Å². The molecular formula is C32H28N6O. The molecule has 0 fully saturated rings. The number of aryl methyl sites for hydroxylation is 3. The molecule has 0 unspecified atom stereocenters. The van der Waals surface area contributed by atoms with Gasteiger partial charge in [-0.3, -0.25) is 4.98 Å². The number of nitrogens with zero attached hydrogens (tertiary/aromatic N) is 5. The molecule has 0 bridgehead atoms. The van der Waals surface area contributed by atoms with Crippen LogP contribution in [0.5, 0.6) is 11.6 Å². The van der Waals surface area contributed by atoms with Gasteiger partial charge in [-0.2, -0.15) is 9.97 Å². The number of pyridine rings is 1. The van der Waals surface area contributed by atoms with E-state index in [0.29, 0.717) is 24.0 Å². The van der Waals surface area contributed by atoms with E-state index in [4.69, 9.17) is 14.7 Å². The molecule has 3 aromatic carbocycles. The number of ether oxygens (including phenoxy) is 1. The molecule has 0 aliphatic rings. The molecule has 0 atom stereocenters. The van der Waals surface area contributed by atoms with Crippen LogP contribution in [0, 0.1) is 20.8 Å². The third kappa shape index (κ3) is 5.33. The summed E-state index contributed by atoms with van der Waals surface area (Å²) in [7, 11) is 0. The van der Waals surface area contributed by atoms with Gasteiger partial charge in [-0.05, 0) is 79.4 Å². The van der Waals surface area contributed by atoms with E-state index in [0.717, 1.165) is 39.2 Å². The van der Waals surface area contributed by atoms with Crippen LogP contribution in [-0.4, -0.2) is 24.5 Å². The molecule has 3 heterocycles. The summed E-state index contributed by atoms with van der Waals surface area (Å²) in [6.45, 7) is 6.80. The van der Waals surface area contributed by atoms with Crippen LogP contribution in [0.4, 0.5) is 11.6 Å². The fourth-order valence-corrected chi connectivity index (χ4v) is 4.44. The molecule has 0 amide bonds. The Balaban J connectivity index is 1.40. The smallest absolute Gasteiger partial charge is 0.250 e. The Morgan fingerprint density at radius 1 is 0.769 bits per heavy atom. The molecule has 0 saturated carbocycles. The lowest BCUT2D eigenvalue weighted by Gasteiger charge is -2.14. The second kappa shape index (κ2) is 10.4. The maximum Gasteiger partial charge on any atom is 0.250 e. The average molecular weight is 513 g/mol. The van der Waals surface area contributed by atoms with Gasteiger partial charge in [0, 0.05) is 24.6 Å². The van der Waals surface area contributed by atoms with Crippen molar-refractivity contribution in [3.8, 4) is 22.8 Å². The molecule has 6 rings (SSSR count). The lowest BCUT2D eigenvalue weighted by atomic mass is 10.0. The number of aromatic nitrogens is 5. The van der Waals surface area contributed by atoms with E-state index in [1.165, 1.54) is 11.1 Å². The summed E-state index contributed by atoms with van der Waals surface area (Å²) in [5.41, 5.74) is 8.95. The lowest BCUT2D eigenvalue weighted by Crippen LogP contribution is -2.04. The number of rotatable bonds is 7. The van der Waals surface area contributed by atoms with Gasteiger partial charge in [0.25, 0.3) is 5.88 Å². The summed E-state index contributed by atoms with van der Waals surface area (Å²) in [5.74, 6) is 1.59. The largest absolute Gasteiger partial charge is 0.437 e. The van der Waals surface area contributed by atoms with E-state index in [1.54, 1.807) is 18.7 Å². The number of fused-ring (bicyclic) bond motifs is 1. The molecule has 0 radical (unpaired) electrons. The monoisotopic (exact) mass is 512 g/mol. The maximum absolute atomic E-state index is 6.50. The van der Waals surface area contributed by atoms with Crippen molar-refractivity contribution >= 4 is 22.8 Å². The minimum Gasteiger partial charge on any atom is -0.437 e. The summed E-state index contributed by atoms with van der Waals surface area (Å²) in [5, 5.41) is 3.30. The molecule has 0 saturated heterocycles. The molecule has 3 aromatic heterocycles. The van der Waals surface area contributed by atoms with Gasteiger partial charge >= 0.3 is 0 Å². The SMILES string of the molecule is Cc1ccc(Cn2cnc3nc(Nc4ccc(C)cc4)nc(Oc4ccc(-c5ccncc5)cc4C)c32)cc1. The quantitative estimate of drug-likeness (QED) is 0.240. The van der Waals surface area contributed by atoms with Crippen molar-refractivity contribution in [2.75, 3.05) is 5.32 Å². The van der Waals surface area contributed by atoms with Crippen molar-refractivity contribution in [2.24, 2.45) is 0 Å². The van der Waals surface area contributed by atoms with Gasteiger partial charge in [0.2, 0.25) is 5.95 Å². The fraction of sp³-hybridized carbons (Fsp3) is 0.125. The van der Waals surface area contributed by atoms with Gasteiger partial charge in [0.05, 0.1) is 6.33 Å². The standard InChI is InChI=1S/C32H28N6O/c1-21-4-8-24(9-5-21)19-38-20-34-30-29(38)31(37-32(36-30)35-27-11-6-22(2)7-12-27)39-28-13-10-26(18-23(28)3)25-14-16-33-17-15-25/h4-18,20H,19H2,1-3H3,(H,35,36,37). The van der Waals surface area contributed by atoms with Crippen molar-refractivity contribution in [3.05, 3.63) is 120 Å². The van der Waals surface area contributed by atoms with Crippen LogP contribution in [0.2, 0.25) is 0 Å². The molecule has 1 N–H and O–H groups in total. The third-order valence-electron chi connectivity index (χ3n) is 6.62. The summed E-state index contributed by atoms with van der Waals surface area (Å²) >= 11 is 0. The minimum absolute atomic E-state index is 0.424. The van der Waals surface area contributed by atoms with Crippen LogP contribution < -0.4 is 10.1 Å². The van der Waals surface area contributed by atoms with Gasteiger partial charge in [-0.25, -0.2) is 4.98 Å². The summed E-state index contributed by atoms with van der Waals surface area (Å²) in [4.78, 5) is 18.3. The molecule has 7 nitrogen and oxygen atoms in total. The molecule has 0 spiro atoms. The number of anilines is 2. The summed E-state index contributed by atoms with van der Waals surface area (Å²) < 4.78 is 8.54. The van der Waals surface area contributed by atoms with E-state index < -0.39 is 0 Å². The Labute approximate surface area is 227 Å². The zero-order valence-corrected chi connectivity index (χ0v) is 22.1. The lowest BCUT2D eigenvalue weighted by molar-refractivity contribution is 0.462. The first kappa shape index (κ1) is 24.3. The van der Waals surface area contributed by atoms with Crippen molar-refractivity contribution in [1.29, 1.82) is 0 Å². The van der Waals surface area contributed by atoms with E-state index in [2.05, 4.69) is 59.5 Å². The van der Waals surface area contributed by atoms with Crippen LogP contribution in [0.15, 0.2) is 97.6 Å². The highest BCUT2D eigenvalue weighted by molar-refractivity contribution is 5.79. The number of imidazole rings is 1. The first-order valence-corrected chi connectivity index (χ1v) is 12.8. The van der Waals surface area contributed by atoms with Crippen molar-refractivity contribution in [1.82, 2.24) is 24.5 Å². The summed E-state index contributed by atoms with van der Waals surface area (Å²) in [6, 6.07) is 26.7. The Bertz CT molecular complexity index is 1740. The Morgan fingerprint density at radius 3 is 2.21 bits per heavy atom. The van der Waals surface area contributed by atoms with Crippen LogP contribution in [0.3, 0.4) is 0 Å². The van der Waals surface area contributed by atoms with Crippen LogP contribution in [0.25, 0.3) is 22.3 Å². The van der Waals surface area contributed by atoms with Crippen molar-refractivity contribution in [3.63, 3.8) is 0 Å². The number of hydrogen-bond acceptors (Lipinski definition) is 6. The Hall–Kier alpha value is -5.04. The summed E-state index contributed by atoms with van der Waals surface area (Å²) in [6.07, 6.45) is 5.38. The topological polar surface area (TPSA) is 77.8 Å². The highest BCUT2D eigenvalue weighted by atomic mass is 16.5. The van der Waals surface area contributed by atoms with Crippen molar-refractivity contribution < 1.29 is 4.74 Å². The molecule has 0 aliphatic heterocycles. The fourth-order valence-electron chi connectivity index (χ4n) is 4.44. The van der Waals surface area contributed by atoms with Gasteiger partial charge in [0.1, 0.15) is 5.75 Å². The molecule has 0 aliphatic carbocycles. The Kier molecular flexibility index (Phi) is 6.47. The minimum atomic E-state index is 0.424. The third-order valence-corrected chi connectivity index (χ3v) is 6.62. The van der Waals surface area contributed by atoms with E-state index in [-0.39, 0.29) is 0 Å². The number of hydrogen-bond donors (Lipinski definition) is 1. The molecule has 39 heavy (non-hydrogen) atoms. The number of nitrogens with one attached hydrogen (secondary N) is 1. The molecular weight excluding hydrogens is 484 g/mol. The zero-order valence-electron chi connectivity index (χ0n) is 22.1. The second-order valence-corrected chi connectivity index (χ2v) is 9.69. The molecule has 7 heteroatoms. The number of benzene rings is 3. The van der Waals surface area contributed by atoms with Gasteiger partial charge < -0.3 is 14.6 Å². The average Bonchev–Trinajstić information content (AvgIpc) is 3.35. The highest BCUT2D eigenvalue weighted by Gasteiger charge is 2.17. The predicted molar refractivity (Wildman–Crippen MR) is 155 cm³/mol. The zero-order chi connectivity index (χ0) is 26.8. The maximum atomic E-state index is 6.50. The van der Waals surface area contributed by atoms with Crippen molar-refractivity contribution in [2.45, 2.75) is 27.3 Å². The predicted octanol–water partition coefficient (Wildman–Crippen LogP) is 7.40. The van der Waals surface area contributed by atoms with E-state index >= 15 is 0 Å². The van der Waals surface area contributed by atoms with Crippen LogP contribution in [0.1, 0.15) is 22.3 Å². The molecule has 6 aromatic rings. The van der Waals surface area contributed by atoms with Crippen LogP contribution in [-0.2, 0) is 6.54 Å². The Morgan fingerprint density at radius 2 is 1.49 bits per heavy atom. The van der Waals surface area contributed by atoms with Crippen LogP contribution >= 0.6 is 0 Å². The normalized spacial score (nSPS) is 11.1. The van der Waals surface area contributed by atoms with Gasteiger partial charge in [-0.1, -0.05) is 53.6 Å². The second-order valence-electron chi connectivity index (χ2n) is 9.69. The first-order valence-electron chi connectivity index (χ1n) is 12.8.